The van der Waals surface area contributed by atoms with Gasteiger partial charge in [0.2, 0.25) is 5.91 Å². The third kappa shape index (κ3) is 3.69. The summed E-state index contributed by atoms with van der Waals surface area (Å²) in [6.45, 7) is 0. The molecule has 0 N–H and O–H groups in total. The molecule has 38 heavy (non-hydrogen) atoms. The fourth-order valence-electron chi connectivity index (χ4n) is 5.60. The van der Waals surface area contributed by atoms with Crippen LogP contribution in [0.4, 0.5) is 16.4 Å². The highest BCUT2D eigenvalue weighted by Crippen LogP contribution is 2.50. The van der Waals surface area contributed by atoms with Gasteiger partial charge in [-0.25, -0.2) is 14.8 Å². The molecule has 2 aliphatic heterocycles. The molecule has 6 rings (SSSR count). The van der Waals surface area contributed by atoms with Crippen LogP contribution in [-0.2, 0) is 32.0 Å². The molecule has 194 valence electrons. The number of benzene rings is 2. The Morgan fingerprint density at radius 3 is 2.58 bits per heavy atom. The van der Waals surface area contributed by atoms with Crippen molar-refractivity contribution in [3.8, 4) is 0 Å². The summed E-state index contributed by atoms with van der Waals surface area (Å²) in [5.74, 6) is -2.65. The van der Waals surface area contributed by atoms with Crippen molar-refractivity contribution in [2.45, 2.75) is 37.8 Å². The van der Waals surface area contributed by atoms with Crippen LogP contribution in [0.5, 0.6) is 0 Å². The van der Waals surface area contributed by atoms with Crippen molar-refractivity contribution in [1.29, 1.82) is 0 Å². The molecular formula is C27H23N3O7S. The number of nitro groups is 1. The van der Waals surface area contributed by atoms with Gasteiger partial charge in [-0.05, 0) is 48.9 Å². The van der Waals surface area contributed by atoms with Gasteiger partial charge in [-0.1, -0.05) is 30.3 Å². The fraction of sp³-hybridized carbons (Fsp3) is 0.296. The standard InChI is InChI=1S/C27H23N3O7S/c1-36-27(33)20-18-12-5-6-13-19(18)38-26(20)28-24(31)21-22(15-8-7-11-17(14-15)30(34)35)29(37-23(21)25(28)32)16-9-3-2-4-10-16/h2-4,7-11,14,21-23H,5-6,12-13H2,1H3/t21-,22-,23+/m1/s1. The van der Waals surface area contributed by atoms with E-state index in [1.54, 1.807) is 36.4 Å². The maximum atomic E-state index is 14.1. The van der Waals surface area contributed by atoms with Gasteiger partial charge in [0.25, 0.3) is 11.6 Å². The predicted octanol–water partition coefficient (Wildman–Crippen LogP) is 4.37. The molecule has 0 unspecified atom stereocenters. The first-order valence-corrected chi connectivity index (χ1v) is 13.1. The molecule has 1 aromatic heterocycles. The van der Waals surface area contributed by atoms with E-state index in [1.165, 1.54) is 35.6 Å². The van der Waals surface area contributed by atoms with Gasteiger partial charge in [0.05, 0.1) is 29.3 Å². The van der Waals surface area contributed by atoms with Crippen molar-refractivity contribution in [1.82, 2.24) is 0 Å². The minimum absolute atomic E-state index is 0.133. The summed E-state index contributed by atoms with van der Waals surface area (Å²) < 4.78 is 5.04. The molecule has 0 bridgehead atoms. The van der Waals surface area contributed by atoms with E-state index in [9.17, 15) is 24.5 Å². The first-order valence-electron chi connectivity index (χ1n) is 12.3. The largest absolute Gasteiger partial charge is 0.465 e. The van der Waals surface area contributed by atoms with Gasteiger partial charge in [0.15, 0.2) is 6.10 Å². The number of hydrogen-bond acceptors (Lipinski definition) is 9. The Hall–Kier alpha value is -4.09. The van der Waals surface area contributed by atoms with E-state index < -0.39 is 40.8 Å². The van der Waals surface area contributed by atoms with Crippen molar-refractivity contribution in [2.75, 3.05) is 17.1 Å². The molecule has 2 saturated heterocycles. The third-order valence-electron chi connectivity index (χ3n) is 7.29. The average Bonchev–Trinajstić information content (AvgIpc) is 3.59. The van der Waals surface area contributed by atoms with E-state index in [2.05, 4.69) is 0 Å². The SMILES string of the molecule is COC(=O)c1c(N2C(=O)[C@H]3[C@H](ON(c4ccccc4)[C@@H]3c3cccc([N+](=O)[O-])c3)C2=O)sc2c1CCCC2. The summed E-state index contributed by atoms with van der Waals surface area (Å²) in [5, 5.41) is 13.3. The van der Waals surface area contributed by atoms with Gasteiger partial charge in [0.1, 0.15) is 10.9 Å². The quantitative estimate of drug-likeness (QED) is 0.205. The molecule has 2 amide bonds. The summed E-state index contributed by atoms with van der Waals surface area (Å²) >= 11 is 1.27. The Kier molecular flexibility index (Phi) is 5.96. The number of methoxy groups -OCH3 is 1. The van der Waals surface area contributed by atoms with Gasteiger partial charge in [-0.3, -0.25) is 24.5 Å². The number of para-hydroxylation sites is 1. The molecule has 3 aromatic rings. The number of nitro benzene ring substituents is 1. The van der Waals surface area contributed by atoms with Gasteiger partial charge in [0, 0.05) is 17.0 Å². The topological polar surface area (TPSA) is 119 Å². The van der Waals surface area contributed by atoms with E-state index in [4.69, 9.17) is 9.57 Å². The molecule has 3 atom stereocenters. The average molecular weight is 534 g/mol. The van der Waals surface area contributed by atoms with Crippen LogP contribution in [0.25, 0.3) is 0 Å². The molecule has 10 nitrogen and oxygen atoms in total. The second kappa shape index (κ2) is 9.34. The number of ether oxygens (including phenoxy) is 1. The number of hydroxylamine groups is 1. The van der Waals surface area contributed by atoms with Crippen LogP contribution in [0.3, 0.4) is 0 Å². The molecule has 1 aliphatic carbocycles. The van der Waals surface area contributed by atoms with Crippen molar-refractivity contribution in [3.63, 3.8) is 0 Å². The molecule has 0 radical (unpaired) electrons. The van der Waals surface area contributed by atoms with Crippen LogP contribution in [0.2, 0.25) is 0 Å². The van der Waals surface area contributed by atoms with E-state index in [-0.39, 0.29) is 16.3 Å². The van der Waals surface area contributed by atoms with Crippen molar-refractivity contribution < 1.29 is 28.9 Å². The Balaban J connectivity index is 1.46. The second-order valence-corrected chi connectivity index (χ2v) is 10.5. The van der Waals surface area contributed by atoms with Gasteiger partial charge in [-0.15, -0.1) is 11.3 Å². The summed E-state index contributed by atoms with van der Waals surface area (Å²) in [7, 11) is 1.28. The molecule has 3 heterocycles. The van der Waals surface area contributed by atoms with Gasteiger partial charge < -0.3 is 4.74 Å². The summed E-state index contributed by atoms with van der Waals surface area (Å²) in [6, 6.07) is 14.2. The van der Waals surface area contributed by atoms with Crippen molar-refractivity contribution in [3.05, 3.63) is 86.3 Å². The van der Waals surface area contributed by atoms with E-state index in [0.29, 0.717) is 17.7 Å². The van der Waals surface area contributed by atoms with Crippen LogP contribution in [-0.4, -0.2) is 35.9 Å². The zero-order chi connectivity index (χ0) is 26.6. The lowest BCUT2D eigenvalue weighted by molar-refractivity contribution is -0.384. The number of fused-ring (bicyclic) bond motifs is 2. The minimum atomic E-state index is -1.16. The number of amides is 2. The number of esters is 1. The predicted molar refractivity (Wildman–Crippen MR) is 138 cm³/mol. The number of imide groups is 1. The van der Waals surface area contributed by atoms with E-state index >= 15 is 0 Å². The van der Waals surface area contributed by atoms with Crippen molar-refractivity contribution in [2.24, 2.45) is 5.92 Å². The zero-order valence-electron chi connectivity index (χ0n) is 20.4. The highest BCUT2D eigenvalue weighted by Gasteiger charge is 2.61. The maximum absolute atomic E-state index is 14.1. The summed E-state index contributed by atoms with van der Waals surface area (Å²) in [5.41, 5.74) is 2.04. The number of aryl methyl sites for hydroxylation is 1. The number of rotatable bonds is 5. The number of nitrogens with zero attached hydrogens (tertiary/aromatic N) is 3. The van der Waals surface area contributed by atoms with Crippen LogP contribution in [0.1, 0.15) is 45.2 Å². The molecule has 3 aliphatic rings. The fourth-order valence-corrected chi connectivity index (χ4v) is 6.98. The number of hydrogen-bond donors (Lipinski definition) is 0. The lowest BCUT2D eigenvalue weighted by Gasteiger charge is -2.28. The van der Waals surface area contributed by atoms with Crippen molar-refractivity contribution >= 4 is 45.5 Å². The minimum Gasteiger partial charge on any atom is -0.465 e. The zero-order valence-corrected chi connectivity index (χ0v) is 21.2. The number of non-ortho nitro benzene ring substituents is 1. The van der Waals surface area contributed by atoms with Crippen LogP contribution in [0.15, 0.2) is 54.6 Å². The normalized spacial score (nSPS) is 22.4. The number of carbonyl (C=O) groups is 3. The van der Waals surface area contributed by atoms with Crippen LogP contribution in [0, 0.1) is 16.0 Å². The summed E-state index contributed by atoms with van der Waals surface area (Å²) in [6.07, 6.45) is 2.15. The summed E-state index contributed by atoms with van der Waals surface area (Å²) in [4.78, 5) is 59.9. The molecule has 11 heteroatoms. The third-order valence-corrected chi connectivity index (χ3v) is 8.57. The monoisotopic (exact) mass is 533 g/mol. The van der Waals surface area contributed by atoms with Gasteiger partial charge >= 0.3 is 5.97 Å². The van der Waals surface area contributed by atoms with Gasteiger partial charge in [-0.2, -0.15) is 0 Å². The molecule has 0 spiro atoms. The van der Waals surface area contributed by atoms with E-state index in [1.807, 2.05) is 6.07 Å². The Labute approximate surface area is 221 Å². The molecule has 2 aromatic carbocycles. The second-order valence-electron chi connectivity index (χ2n) is 9.40. The number of thiophene rings is 1. The Bertz CT molecular complexity index is 1470. The first-order chi connectivity index (χ1) is 18.4. The van der Waals surface area contributed by atoms with Crippen LogP contribution >= 0.6 is 11.3 Å². The maximum Gasteiger partial charge on any atom is 0.341 e. The van der Waals surface area contributed by atoms with Crippen LogP contribution < -0.4 is 9.96 Å². The lowest BCUT2D eigenvalue weighted by atomic mass is 9.90. The highest BCUT2D eigenvalue weighted by atomic mass is 32.1. The first kappa shape index (κ1) is 24.3. The highest BCUT2D eigenvalue weighted by molar-refractivity contribution is 7.17. The number of carbonyl (C=O) groups excluding carboxylic acids is 3. The smallest absolute Gasteiger partial charge is 0.341 e. The molecule has 2 fully saturated rings. The molecular weight excluding hydrogens is 510 g/mol. The Morgan fingerprint density at radius 2 is 1.84 bits per heavy atom. The lowest BCUT2D eigenvalue weighted by Crippen LogP contribution is -2.37. The molecule has 0 saturated carbocycles. The number of anilines is 2. The Morgan fingerprint density at radius 1 is 1.08 bits per heavy atom. The van der Waals surface area contributed by atoms with E-state index in [0.717, 1.165) is 34.6 Å².